The van der Waals surface area contributed by atoms with E-state index in [9.17, 15) is 4.79 Å². The lowest BCUT2D eigenvalue weighted by Crippen LogP contribution is -2.05. The Morgan fingerprint density at radius 1 is 0.606 bits per heavy atom. The molecule has 0 saturated heterocycles. The van der Waals surface area contributed by atoms with Crippen molar-refractivity contribution in [2.24, 2.45) is 0 Å². The molecule has 2 aromatic heterocycles. The van der Waals surface area contributed by atoms with Crippen molar-refractivity contribution in [1.82, 2.24) is 9.97 Å². The molecule has 4 heterocycles. The van der Waals surface area contributed by atoms with Crippen LogP contribution in [0.2, 0.25) is 0 Å². The number of para-hydroxylation sites is 2. The van der Waals surface area contributed by atoms with Gasteiger partial charge in [0.1, 0.15) is 11.4 Å². The van der Waals surface area contributed by atoms with E-state index in [0.717, 1.165) is 72.1 Å². The summed E-state index contributed by atoms with van der Waals surface area (Å²) in [6.45, 7) is 8.24. The number of halogens is 1. The Bertz CT molecular complexity index is 2910. The highest BCUT2D eigenvalue weighted by Gasteiger charge is 2.27. The third kappa shape index (κ3) is 12.9. The first kappa shape index (κ1) is 49.0. The Morgan fingerprint density at radius 3 is 1.67 bits per heavy atom. The zero-order chi connectivity index (χ0) is 45.7. The standard InChI is InChI=1S/C27H23NO4.C19H17NO2.C7H7I.CO2.CH4/c1-17-11-18(13-22(12-17)19-7-9-20(10-8-19)26(29)30-2)15-31-27-25-23(16-32-27)14-21-5-3-4-6-24(21)28-25;1-13-5-4-6-14(9-13)11-21-19-18-16(12-22-19)10-15-7-2-3-8-17(15)20-18;1-6-2-4-7(8)5-3-6;2-1-3;/h3-14,27H,15-16H2,1-2H3;2-10,19H,11-12H2,1H3;2-5H,1H3;;1H4. The SMILES string of the molecule is C.COC(=O)c1ccc(-c2cc(C)cc(COC3OCc4cc5ccccc5nc43)c2)cc1.Cc1ccc(I)cc1.Cc1cccc(COC2OCc3cc4ccccc4nc32)c1.O=C=O. The van der Waals surface area contributed by atoms with Crippen molar-refractivity contribution in [2.75, 3.05) is 7.11 Å². The van der Waals surface area contributed by atoms with E-state index in [0.29, 0.717) is 32.0 Å². The van der Waals surface area contributed by atoms with Gasteiger partial charge in [-0.25, -0.2) is 14.8 Å². The molecule has 0 N–H and O–H groups in total. The molecule has 66 heavy (non-hydrogen) atoms. The summed E-state index contributed by atoms with van der Waals surface area (Å²) in [5.74, 6) is -0.340. The van der Waals surface area contributed by atoms with Crippen LogP contribution in [0.15, 0.2) is 152 Å². The molecule has 2 atom stereocenters. The van der Waals surface area contributed by atoms with E-state index in [2.05, 4.69) is 128 Å². The first-order valence-electron chi connectivity index (χ1n) is 20.9. The maximum Gasteiger partial charge on any atom is 0.373 e. The fourth-order valence-electron chi connectivity index (χ4n) is 7.44. The number of fused-ring (bicyclic) bond motifs is 4. The average Bonchev–Trinajstić information content (AvgIpc) is 3.92. The van der Waals surface area contributed by atoms with Gasteiger partial charge in [0.25, 0.3) is 0 Å². The van der Waals surface area contributed by atoms with Gasteiger partial charge in [0.05, 0.1) is 50.1 Å². The van der Waals surface area contributed by atoms with Gasteiger partial charge in [-0.2, -0.15) is 9.59 Å². The zero-order valence-electron chi connectivity index (χ0n) is 36.5. The highest BCUT2D eigenvalue weighted by atomic mass is 127. The van der Waals surface area contributed by atoms with Crippen LogP contribution in [0.4, 0.5) is 0 Å². The molecule has 2 aliphatic rings. The van der Waals surface area contributed by atoms with E-state index < -0.39 is 6.29 Å². The average molecular weight is 995 g/mol. The number of rotatable bonds is 8. The summed E-state index contributed by atoms with van der Waals surface area (Å²) in [5, 5.41) is 2.25. The molecule has 0 aliphatic carbocycles. The second-order valence-corrected chi connectivity index (χ2v) is 16.7. The Kier molecular flexibility index (Phi) is 17.6. The first-order valence-corrected chi connectivity index (χ1v) is 22.0. The molecule has 2 unspecified atom stereocenters. The van der Waals surface area contributed by atoms with E-state index in [1.54, 1.807) is 12.1 Å². The number of aromatic nitrogens is 2. The van der Waals surface area contributed by atoms with Gasteiger partial charge in [-0.1, -0.05) is 121 Å². The minimum absolute atomic E-state index is 0. The molecular weight excluding hydrogens is 944 g/mol. The molecule has 0 radical (unpaired) electrons. The summed E-state index contributed by atoms with van der Waals surface area (Å²) in [4.78, 5) is 37.4. The van der Waals surface area contributed by atoms with Crippen LogP contribution in [0, 0.1) is 24.3 Å². The van der Waals surface area contributed by atoms with Gasteiger partial charge in [0, 0.05) is 25.5 Å². The van der Waals surface area contributed by atoms with Gasteiger partial charge < -0.3 is 23.7 Å². The van der Waals surface area contributed by atoms with Crippen molar-refractivity contribution in [3.8, 4) is 11.1 Å². The summed E-state index contributed by atoms with van der Waals surface area (Å²) in [6, 6.07) is 50.9. The van der Waals surface area contributed by atoms with Crippen LogP contribution in [-0.4, -0.2) is 29.2 Å². The number of nitrogens with zero attached hydrogens (tertiary/aromatic N) is 2. The highest BCUT2D eigenvalue weighted by molar-refractivity contribution is 14.1. The van der Waals surface area contributed by atoms with E-state index in [-0.39, 0.29) is 25.8 Å². The molecule has 0 bridgehead atoms. The van der Waals surface area contributed by atoms with Crippen molar-refractivity contribution in [3.63, 3.8) is 0 Å². The first-order chi connectivity index (χ1) is 31.6. The summed E-state index contributed by atoms with van der Waals surface area (Å²) in [6.07, 6.45) is -0.599. The van der Waals surface area contributed by atoms with Crippen molar-refractivity contribution in [1.29, 1.82) is 0 Å². The molecule has 2 aliphatic heterocycles. The lowest BCUT2D eigenvalue weighted by atomic mass is 9.99. The smallest absolute Gasteiger partial charge is 0.373 e. The molecule has 0 fully saturated rings. The largest absolute Gasteiger partial charge is 0.465 e. The fraction of sp³-hybridized carbons (Fsp3) is 0.200. The number of pyridine rings is 2. The van der Waals surface area contributed by atoms with E-state index in [1.165, 1.54) is 21.8 Å². The van der Waals surface area contributed by atoms with Crippen molar-refractivity contribution < 1.29 is 38.1 Å². The number of benzene rings is 6. The molecule has 0 saturated carbocycles. The van der Waals surface area contributed by atoms with Gasteiger partial charge in [-0.15, -0.1) is 0 Å². The Labute approximate surface area is 399 Å². The van der Waals surface area contributed by atoms with Crippen LogP contribution in [-0.2, 0) is 59.7 Å². The van der Waals surface area contributed by atoms with E-state index >= 15 is 0 Å². The molecule has 336 valence electrons. The van der Waals surface area contributed by atoms with Crippen LogP contribution in [0.5, 0.6) is 0 Å². The van der Waals surface area contributed by atoms with Crippen LogP contribution in [0.3, 0.4) is 0 Å². The second-order valence-electron chi connectivity index (χ2n) is 15.5. The predicted octanol–water partition coefficient (Wildman–Crippen LogP) is 12.7. The maximum absolute atomic E-state index is 11.7. The normalized spacial score (nSPS) is 14.1. The number of carbonyl (C=O) groups is 1. The predicted molar refractivity (Wildman–Crippen MR) is 263 cm³/mol. The molecule has 6 aromatic carbocycles. The number of carbonyl (C=O) groups excluding carboxylic acids is 3. The number of esters is 1. The molecule has 11 heteroatoms. The van der Waals surface area contributed by atoms with Crippen molar-refractivity contribution in [3.05, 3.63) is 211 Å². The number of hydrogen-bond acceptors (Lipinski definition) is 10. The van der Waals surface area contributed by atoms with Gasteiger partial charge in [0.2, 0.25) is 12.6 Å². The van der Waals surface area contributed by atoms with Gasteiger partial charge in [0.15, 0.2) is 0 Å². The van der Waals surface area contributed by atoms with Crippen LogP contribution < -0.4 is 0 Å². The molecular formula is C55H51IN2O8. The summed E-state index contributed by atoms with van der Waals surface area (Å²) in [5.41, 5.74) is 14.4. The van der Waals surface area contributed by atoms with Crippen molar-refractivity contribution in [2.45, 2.75) is 67.2 Å². The Morgan fingerprint density at radius 2 is 1.14 bits per heavy atom. The second kappa shape index (κ2) is 23.7. The molecule has 10 nitrogen and oxygen atoms in total. The third-order valence-electron chi connectivity index (χ3n) is 10.6. The lowest BCUT2D eigenvalue weighted by molar-refractivity contribution is -0.191. The monoisotopic (exact) mass is 994 g/mol. The molecule has 8 aromatic rings. The summed E-state index contributed by atoms with van der Waals surface area (Å²) in [7, 11) is 1.38. The topological polar surface area (TPSA) is 123 Å². The van der Waals surface area contributed by atoms with Crippen molar-refractivity contribution >= 4 is 56.5 Å². The van der Waals surface area contributed by atoms with Gasteiger partial charge in [-0.05, 0) is 120 Å². The van der Waals surface area contributed by atoms with Crippen LogP contribution >= 0.6 is 22.6 Å². The van der Waals surface area contributed by atoms with E-state index in [4.69, 9.17) is 43.2 Å². The molecule has 0 spiro atoms. The van der Waals surface area contributed by atoms with Gasteiger partial charge in [-0.3, -0.25) is 0 Å². The molecule has 0 amide bonds. The highest BCUT2D eigenvalue weighted by Crippen LogP contribution is 2.35. The minimum atomic E-state index is -0.474. The number of ether oxygens (including phenoxy) is 5. The number of hydrogen-bond donors (Lipinski definition) is 0. The van der Waals surface area contributed by atoms with Crippen LogP contribution in [0.1, 0.15) is 80.7 Å². The number of methoxy groups -OCH3 is 1. The maximum atomic E-state index is 11.7. The lowest BCUT2D eigenvalue weighted by Gasteiger charge is -2.14. The summed E-state index contributed by atoms with van der Waals surface area (Å²) >= 11 is 2.30. The fourth-order valence-corrected chi connectivity index (χ4v) is 7.80. The summed E-state index contributed by atoms with van der Waals surface area (Å²) < 4.78 is 29.8. The quantitative estimate of drug-likeness (QED) is 0.107. The van der Waals surface area contributed by atoms with Gasteiger partial charge >= 0.3 is 12.1 Å². The molecule has 10 rings (SSSR count). The van der Waals surface area contributed by atoms with E-state index in [1.807, 2.05) is 54.6 Å². The number of aryl methyl sites for hydroxylation is 3. The Balaban J connectivity index is 0.000000182. The Hall–Kier alpha value is -6.44. The zero-order valence-corrected chi connectivity index (χ0v) is 38.6. The minimum Gasteiger partial charge on any atom is -0.465 e. The van der Waals surface area contributed by atoms with Crippen LogP contribution in [0.25, 0.3) is 32.9 Å². The third-order valence-corrected chi connectivity index (χ3v) is 11.3.